The second kappa shape index (κ2) is 6.72. The van der Waals surface area contributed by atoms with E-state index in [9.17, 15) is 0 Å². The summed E-state index contributed by atoms with van der Waals surface area (Å²) < 4.78 is 12.8. The summed E-state index contributed by atoms with van der Waals surface area (Å²) in [6.07, 6.45) is 2.52. The van der Waals surface area contributed by atoms with Crippen molar-refractivity contribution in [1.29, 1.82) is 0 Å². The lowest BCUT2D eigenvalue weighted by molar-refractivity contribution is 0.120. The summed E-state index contributed by atoms with van der Waals surface area (Å²) in [6, 6.07) is 11.9. The van der Waals surface area contributed by atoms with Gasteiger partial charge in [0, 0.05) is 36.5 Å². The highest BCUT2D eigenvalue weighted by molar-refractivity contribution is 5.66. The Kier molecular flexibility index (Phi) is 4.28. The average molecular weight is 338 g/mol. The van der Waals surface area contributed by atoms with Gasteiger partial charge in [0.25, 0.3) is 0 Å². The molecule has 1 aliphatic heterocycles. The molecule has 3 heterocycles. The molecule has 25 heavy (non-hydrogen) atoms. The van der Waals surface area contributed by atoms with Crippen LogP contribution in [-0.2, 0) is 4.74 Å². The molecule has 2 aromatic heterocycles. The number of aromatic nitrogens is 3. The molecular weight excluding hydrogens is 316 g/mol. The maximum Gasteiger partial charge on any atom is 0.158 e. The van der Waals surface area contributed by atoms with Crippen molar-refractivity contribution in [3.63, 3.8) is 0 Å². The Morgan fingerprint density at radius 3 is 2.84 bits per heavy atom. The van der Waals surface area contributed by atoms with Crippen LogP contribution in [0.3, 0.4) is 0 Å². The zero-order valence-corrected chi connectivity index (χ0v) is 14.5. The maximum atomic E-state index is 5.69. The molecule has 0 amide bonds. The van der Waals surface area contributed by atoms with E-state index in [0.717, 1.165) is 60.2 Å². The fourth-order valence-electron chi connectivity index (χ4n) is 3.15. The van der Waals surface area contributed by atoms with Crippen LogP contribution in [0.5, 0.6) is 5.75 Å². The van der Waals surface area contributed by atoms with Crippen molar-refractivity contribution in [3.8, 4) is 17.0 Å². The van der Waals surface area contributed by atoms with Gasteiger partial charge in [-0.15, -0.1) is 0 Å². The standard InChI is InChI=1S/C19H22N4O2/c1-13-10-18(20-12-16-4-3-9-25-16)23-19(21-13)11-17(22-23)14-5-7-15(24-2)8-6-14/h5-8,10-11,16,20H,3-4,9,12H2,1-2H3/t16-/m0/s1. The van der Waals surface area contributed by atoms with Crippen LogP contribution in [0.1, 0.15) is 18.5 Å². The van der Waals surface area contributed by atoms with Gasteiger partial charge in [-0.25, -0.2) is 4.98 Å². The van der Waals surface area contributed by atoms with Crippen LogP contribution in [-0.4, -0.2) is 41.0 Å². The number of ether oxygens (including phenoxy) is 2. The van der Waals surface area contributed by atoms with Crippen molar-refractivity contribution >= 4 is 11.5 Å². The predicted molar refractivity (Wildman–Crippen MR) is 97.2 cm³/mol. The van der Waals surface area contributed by atoms with Gasteiger partial charge in [-0.2, -0.15) is 9.61 Å². The Morgan fingerprint density at radius 1 is 1.28 bits per heavy atom. The minimum Gasteiger partial charge on any atom is -0.497 e. The van der Waals surface area contributed by atoms with Gasteiger partial charge in [-0.05, 0) is 44.0 Å². The van der Waals surface area contributed by atoms with Crippen LogP contribution in [0.4, 0.5) is 5.82 Å². The van der Waals surface area contributed by atoms with Gasteiger partial charge in [0.15, 0.2) is 5.65 Å². The van der Waals surface area contributed by atoms with Gasteiger partial charge in [0.1, 0.15) is 11.6 Å². The van der Waals surface area contributed by atoms with Crippen LogP contribution < -0.4 is 10.1 Å². The number of hydrogen-bond acceptors (Lipinski definition) is 5. The van der Waals surface area contributed by atoms with Gasteiger partial charge >= 0.3 is 0 Å². The molecule has 6 heteroatoms. The van der Waals surface area contributed by atoms with E-state index in [4.69, 9.17) is 14.6 Å². The van der Waals surface area contributed by atoms with Crippen LogP contribution in [0, 0.1) is 6.92 Å². The molecule has 0 spiro atoms. The van der Waals surface area contributed by atoms with Crippen molar-refractivity contribution in [3.05, 3.63) is 42.1 Å². The summed E-state index contributed by atoms with van der Waals surface area (Å²) >= 11 is 0. The number of nitrogens with one attached hydrogen (secondary N) is 1. The molecule has 1 N–H and O–H groups in total. The first kappa shape index (κ1) is 15.9. The van der Waals surface area contributed by atoms with Crippen LogP contribution in [0.15, 0.2) is 36.4 Å². The molecule has 6 nitrogen and oxygen atoms in total. The Bertz CT molecular complexity index is 867. The Hall–Kier alpha value is -2.60. The molecule has 4 rings (SSSR count). The molecule has 1 saturated heterocycles. The summed E-state index contributed by atoms with van der Waals surface area (Å²) in [5, 5.41) is 8.20. The molecule has 1 aromatic carbocycles. The summed E-state index contributed by atoms with van der Waals surface area (Å²) in [7, 11) is 1.67. The minimum atomic E-state index is 0.278. The molecule has 0 aliphatic carbocycles. The van der Waals surface area contributed by atoms with E-state index in [-0.39, 0.29) is 6.10 Å². The first-order valence-corrected chi connectivity index (χ1v) is 8.60. The molecule has 0 saturated carbocycles. The lowest BCUT2D eigenvalue weighted by atomic mass is 10.1. The molecule has 1 aliphatic rings. The molecule has 0 unspecified atom stereocenters. The van der Waals surface area contributed by atoms with Gasteiger partial charge in [-0.1, -0.05) is 0 Å². The molecule has 1 atom stereocenters. The zero-order valence-electron chi connectivity index (χ0n) is 14.5. The first-order valence-electron chi connectivity index (χ1n) is 8.60. The topological polar surface area (TPSA) is 60.7 Å². The normalized spacial score (nSPS) is 17.1. The molecule has 0 bridgehead atoms. The third kappa shape index (κ3) is 3.30. The first-order chi connectivity index (χ1) is 12.2. The third-order valence-electron chi connectivity index (χ3n) is 4.48. The van der Waals surface area contributed by atoms with Gasteiger partial charge < -0.3 is 14.8 Å². The quantitative estimate of drug-likeness (QED) is 0.773. The number of hydrogen-bond donors (Lipinski definition) is 1. The van der Waals surface area contributed by atoms with Crippen molar-refractivity contribution in [2.45, 2.75) is 25.9 Å². The Morgan fingerprint density at radius 2 is 2.12 bits per heavy atom. The Balaban J connectivity index is 1.65. The average Bonchev–Trinajstić information content (AvgIpc) is 3.29. The summed E-state index contributed by atoms with van der Waals surface area (Å²) in [5.74, 6) is 1.78. The number of aryl methyl sites for hydroxylation is 1. The largest absolute Gasteiger partial charge is 0.497 e. The summed E-state index contributed by atoms with van der Waals surface area (Å²) in [6.45, 7) is 3.65. The second-order valence-corrected chi connectivity index (χ2v) is 6.33. The monoisotopic (exact) mass is 338 g/mol. The van der Waals surface area contributed by atoms with E-state index in [1.54, 1.807) is 7.11 Å². The molecule has 3 aromatic rings. The van der Waals surface area contributed by atoms with Gasteiger partial charge in [0.2, 0.25) is 0 Å². The van der Waals surface area contributed by atoms with Gasteiger partial charge in [-0.3, -0.25) is 0 Å². The van der Waals surface area contributed by atoms with E-state index in [1.165, 1.54) is 0 Å². The fourth-order valence-corrected chi connectivity index (χ4v) is 3.15. The fraction of sp³-hybridized carbons (Fsp3) is 0.368. The highest BCUT2D eigenvalue weighted by atomic mass is 16.5. The smallest absolute Gasteiger partial charge is 0.158 e. The van der Waals surface area contributed by atoms with E-state index in [0.29, 0.717) is 0 Å². The second-order valence-electron chi connectivity index (χ2n) is 6.33. The van der Waals surface area contributed by atoms with Crippen LogP contribution >= 0.6 is 0 Å². The van der Waals surface area contributed by atoms with E-state index in [2.05, 4.69) is 10.3 Å². The van der Waals surface area contributed by atoms with Crippen molar-refractivity contribution < 1.29 is 9.47 Å². The number of methoxy groups -OCH3 is 1. The molecule has 1 fully saturated rings. The summed E-state index contributed by atoms with van der Waals surface area (Å²) in [5.41, 5.74) is 3.72. The predicted octanol–water partition coefficient (Wildman–Crippen LogP) is 3.30. The molecule has 0 radical (unpaired) electrons. The maximum absolute atomic E-state index is 5.69. The summed E-state index contributed by atoms with van der Waals surface area (Å²) in [4.78, 5) is 4.60. The van der Waals surface area contributed by atoms with Gasteiger partial charge in [0.05, 0.1) is 18.9 Å². The lowest BCUT2D eigenvalue weighted by Crippen LogP contribution is -2.20. The van der Waals surface area contributed by atoms with Crippen molar-refractivity contribution in [1.82, 2.24) is 14.6 Å². The van der Waals surface area contributed by atoms with Crippen LogP contribution in [0.2, 0.25) is 0 Å². The SMILES string of the molecule is COc1ccc(-c2cc3nc(C)cc(NC[C@@H]4CCCO4)n3n2)cc1. The highest BCUT2D eigenvalue weighted by Crippen LogP contribution is 2.24. The van der Waals surface area contributed by atoms with Crippen molar-refractivity contribution in [2.75, 3.05) is 25.6 Å². The van der Waals surface area contributed by atoms with E-state index in [1.807, 2.05) is 47.8 Å². The van der Waals surface area contributed by atoms with Crippen LogP contribution in [0.25, 0.3) is 16.9 Å². The number of nitrogens with zero attached hydrogens (tertiary/aromatic N) is 3. The highest BCUT2D eigenvalue weighted by Gasteiger charge is 2.16. The molecule has 130 valence electrons. The number of fused-ring (bicyclic) bond motifs is 1. The third-order valence-corrected chi connectivity index (χ3v) is 4.48. The molecular formula is C19H22N4O2. The van der Waals surface area contributed by atoms with Crippen molar-refractivity contribution in [2.24, 2.45) is 0 Å². The number of rotatable bonds is 5. The zero-order chi connectivity index (χ0) is 17.2. The number of benzene rings is 1. The minimum absolute atomic E-state index is 0.278. The van der Waals surface area contributed by atoms with E-state index < -0.39 is 0 Å². The Labute approximate surface area is 146 Å². The number of anilines is 1. The van der Waals surface area contributed by atoms with E-state index >= 15 is 0 Å². The lowest BCUT2D eigenvalue weighted by Gasteiger charge is -2.13.